The first-order valence-corrected chi connectivity index (χ1v) is 7.63. The molecule has 2 amide bonds. The second-order valence-corrected chi connectivity index (χ2v) is 5.71. The first kappa shape index (κ1) is 17.3. The van der Waals surface area contributed by atoms with Crippen molar-refractivity contribution in [1.82, 2.24) is 0 Å². The standard InChI is InChI=1S/C17H14FN3O5/c1-10-2-4-12(18)13(6-10)19-16(22)8-20-14-7-11(21(24)25)3-5-15(14)26-9-17(20)23/h2-7H,8-9H2,1H3,(H,19,22). The Morgan fingerprint density at radius 3 is 2.85 bits per heavy atom. The fourth-order valence-corrected chi connectivity index (χ4v) is 2.55. The maximum atomic E-state index is 13.8. The number of nitrogens with one attached hydrogen (secondary N) is 1. The number of carbonyl (C=O) groups is 2. The predicted octanol–water partition coefficient (Wildman–Crippen LogP) is 2.41. The molecule has 0 saturated carbocycles. The van der Waals surface area contributed by atoms with Crippen LogP contribution in [0.5, 0.6) is 5.75 Å². The van der Waals surface area contributed by atoms with Crippen LogP contribution in [0.25, 0.3) is 0 Å². The third kappa shape index (κ3) is 3.46. The Hall–Kier alpha value is -3.49. The summed E-state index contributed by atoms with van der Waals surface area (Å²) < 4.78 is 19.0. The van der Waals surface area contributed by atoms with Gasteiger partial charge in [-0.15, -0.1) is 0 Å². The van der Waals surface area contributed by atoms with Crippen LogP contribution in [-0.2, 0) is 9.59 Å². The topological polar surface area (TPSA) is 102 Å². The van der Waals surface area contributed by atoms with Gasteiger partial charge in [0.05, 0.1) is 16.3 Å². The van der Waals surface area contributed by atoms with Crippen molar-refractivity contribution in [2.45, 2.75) is 6.92 Å². The van der Waals surface area contributed by atoms with Crippen molar-refractivity contribution in [1.29, 1.82) is 0 Å². The molecule has 0 radical (unpaired) electrons. The highest BCUT2D eigenvalue weighted by atomic mass is 19.1. The summed E-state index contributed by atoms with van der Waals surface area (Å²) >= 11 is 0. The Labute approximate surface area is 147 Å². The highest BCUT2D eigenvalue weighted by Crippen LogP contribution is 2.35. The van der Waals surface area contributed by atoms with Crippen LogP contribution in [0.2, 0.25) is 0 Å². The van der Waals surface area contributed by atoms with Crippen LogP contribution in [-0.4, -0.2) is 29.9 Å². The van der Waals surface area contributed by atoms with Gasteiger partial charge in [0, 0.05) is 12.1 Å². The first-order valence-electron chi connectivity index (χ1n) is 7.63. The number of nitro benzene ring substituents is 1. The largest absolute Gasteiger partial charge is 0.482 e. The number of benzene rings is 2. The molecule has 1 aliphatic heterocycles. The average Bonchev–Trinajstić information content (AvgIpc) is 2.60. The Balaban J connectivity index is 1.84. The molecule has 9 heteroatoms. The van der Waals surface area contributed by atoms with E-state index in [0.717, 1.165) is 16.5 Å². The fraction of sp³-hybridized carbons (Fsp3) is 0.176. The number of hydrogen-bond acceptors (Lipinski definition) is 5. The van der Waals surface area contributed by atoms with E-state index in [2.05, 4.69) is 5.32 Å². The van der Waals surface area contributed by atoms with E-state index in [1.54, 1.807) is 13.0 Å². The third-order valence-electron chi connectivity index (χ3n) is 3.79. The molecule has 2 aromatic rings. The minimum Gasteiger partial charge on any atom is -0.482 e. The maximum absolute atomic E-state index is 13.8. The number of aryl methyl sites for hydroxylation is 1. The third-order valence-corrected chi connectivity index (χ3v) is 3.79. The van der Waals surface area contributed by atoms with Crippen molar-refractivity contribution in [2.75, 3.05) is 23.4 Å². The smallest absolute Gasteiger partial charge is 0.271 e. The van der Waals surface area contributed by atoms with Crippen LogP contribution < -0.4 is 15.0 Å². The van der Waals surface area contributed by atoms with Crippen LogP contribution in [0.1, 0.15) is 5.56 Å². The molecule has 0 fully saturated rings. The number of ether oxygens (including phenoxy) is 1. The molecule has 0 atom stereocenters. The lowest BCUT2D eigenvalue weighted by molar-refractivity contribution is -0.384. The Morgan fingerprint density at radius 1 is 1.35 bits per heavy atom. The van der Waals surface area contributed by atoms with Crippen molar-refractivity contribution in [3.63, 3.8) is 0 Å². The van der Waals surface area contributed by atoms with E-state index in [1.807, 2.05) is 0 Å². The van der Waals surface area contributed by atoms with Gasteiger partial charge in [0.2, 0.25) is 5.91 Å². The van der Waals surface area contributed by atoms with E-state index in [9.17, 15) is 24.1 Å². The molecule has 0 aromatic heterocycles. The van der Waals surface area contributed by atoms with E-state index in [4.69, 9.17) is 4.74 Å². The molecule has 134 valence electrons. The molecular weight excluding hydrogens is 345 g/mol. The number of fused-ring (bicyclic) bond motifs is 1. The van der Waals surface area contributed by atoms with Crippen molar-refractivity contribution in [3.05, 3.63) is 57.9 Å². The van der Waals surface area contributed by atoms with Gasteiger partial charge in [0.1, 0.15) is 18.1 Å². The van der Waals surface area contributed by atoms with Gasteiger partial charge in [0.25, 0.3) is 11.6 Å². The van der Waals surface area contributed by atoms with E-state index >= 15 is 0 Å². The molecule has 0 aliphatic carbocycles. The summed E-state index contributed by atoms with van der Waals surface area (Å²) in [5.74, 6) is -1.52. The number of carbonyl (C=O) groups excluding carboxylic acids is 2. The highest BCUT2D eigenvalue weighted by Gasteiger charge is 2.29. The van der Waals surface area contributed by atoms with Gasteiger partial charge in [-0.25, -0.2) is 4.39 Å². The molecule has 8 nitrogen and oxygen atoms in total. The Bertz CT molecular complexity index is 915. The molecule has 1 heterocycles. The van der Waals surface area contributed by atoms with Gasteiger partial charge >= 0.3 is 0 Å². The zero-order valence-electron chi connectivity index (χ0n) is 13.7. The molecular formula is C17H14FN3O5. The van der Waals surface area contributed by atoms with E-state index in [1.165, 1.54) is 24.3 Å². The van der Waals surface area contributed by atoms with Gasteiger partial charge in [-0.05, 0) is 30.7 Å². The van der Waals surface area contributed by atoms with Gasteiger partial charge in [-0.1, -0.05) is 6.07 Å². The molecule has 0 saturated heterocycles. The molecule has 26 heavy (non-hydrogen) atoms. The van der Waals surface area contributed by atoms with Gasteiger partial charge in [-0.2, -0.15) is 0 Å². The average molecular weight is 359 g/mol. The summed E-state index contributed by atoms with van der Waals surface area (Å²) in [6, 6.07) is 8.02. The van der Waals surface area contributed by atoms with E-state index in [-0.39, 0.29) is 29.4 Å². The first-order chi connectivity index (χ1) is 12.3. The zero-order valence-corrected chi connectivity index (χ0v) is 13.7. The number of halogens is 1. The Morgan fingerprint density at radius 2 is 2.12 bits per heavy atom. The lowest BCUT2D eigenvalue weighted by Gasteiger charge is -2.28. The molecule has 3 rings (SSSR count). The summed E-state index contributed by atoms with van der Waals surface area (Å²) in [4.78, 5) is 35.8. The van der Waals surface area contributed by atoms with Crippen molar-refractivity contribution < 1.29 is 23.6 Å². The van der Waals surface area contributed by atoms with E-state index in [0.29, 0.717) is 0 Å². The molecule has 0 bridgehead atoms. The number of nitro groups is 1. The van der Waals surface area contributed by atoms with Crippen LogP contribution in [0.4, 0.5) is 21.5 Å². The number of rotatable bonds is 4. The van der Waals surface area contributed by atoms with Gasteiger partial charge in [0.15, 0.2) is 6.61 Å². The molecule has 0 spiro atoms. The number of non-ortho nitro benzene ring substituents is 1. The normalized spacial score (nSPS) is 13.0. The molecule has 2 aromatic carbocycles. The van der Waals surface area contributed by atoms with Gasteiger partial charge in [-0.3, -0.25) is 24.6 Å². The van der Waals surface area contributed by atoms with E-state index < -0.39 is 29.1 Å². The minimum atomic E-state index is -0.637. The van der Waals surface area contributed by atoms with Crippen LogP contribution in [0, 0.1) is 22.9 Å². The summed E-state index contributed by atoms with van der Waals surface area (Å²) in [5, 5.41) is 13.4. The molecule has 1 aliphatic rings. The molecule has 0 unspecified atom stereocenters. The van der Waals surface area contributed by atoms with Crippen molar-refractivity contribution >= 4 is 28.9 Å². The van der Waals surface area contributed by atoms with Crippen LogP contribution in [0.15, 0.2) is 36.4 Å². The number of nitrogens with zero attached hydrogens (tertiary/aromatic N) is 2. The van der Waals surface area contributed by atoms with Crippen LogP contribution >= 0.6 is 0 Å². The summed E-state index contributed by atoms with van der Waals surface area (Å²) in [7, 11) is 0. The highest BCUT2D eigenvalue weighted by molar-refractivity contribution is 6.05. The minimum absolute atomic E-state index is 0.00465. The quantitative estimate of drug-likeness (QED) is 0.667. The van der Waals surface area contributed by atoms with Crippen LogP contribution in [0.3, 0.4) is 0 Å². The lowest BCUT2D eigenvalue weighted by Crippen LogP contribution is -2.43. The Kier molecular flexibility index (Phi) is 4.53. The number of anilines is 2. The predicted molar refractivity (Wildman–Crippen MR) is 90.7 cm³/mol. The lowest BCUT2D eigenvalue weighted by atomic mass is 10.2. The monoisotopic (exact) mass is 359 g/mol. The SMILES string of the molecule is Cc1ccc(F)c(NC(=O)CN2C(=O)COc3ccc([N+](=O)[O-])cc32)c1. The maximum Gasteiger partial charge on any atom is 0.271 e. The summed E-state index contributed by atoms with van der Waals surface area (Å²) in [6.07, 6.45) is 0. The summed E-state index contributed by atoms with van der Waals surface area (Å²) in [5.41, 5.74) is 0.632. The second-order valence-electron chi connectivity index (χ2n) is 5.71. The van der Waals surface area contributed by atoms with Crippen molar-refractivity contribution in [3.8, 4) is 5.75 Å². The summed E-state index contributed by atoms with van der Waals surface area (Å²) in [6.45, 7) is 1.02. The molecule has 1 N–H and O–H groups in total. The second kappa shape index (κ2) is 6.79. The fourth-order valence-electron chi connectivity index (χ4n) is 2.55. The van der Waals surface area contributed by atoms with Gasteiger partial charge < -0.3 is 10.1 Å². The van der Waals surface area contributed by atoms with Crippen molar-refractivity contribution in [2.24, 2.45) is 0 Å². The number of amides is 2. The zero-order chi connectivity index (χ0) is 18.8. The number of hydrogen-bond donors (Lipinski definition) is 1.